The fraction of sp³-hybridized carbons (Fsp3) is 0.750. The van der Waals surface area contributed by atoms with Crippen LogP contribution in [0.2, 0.25) is 0 Å². The van der Waals surface area contributed by atoms with Crippen molar-refractivity contribution >= 4 is 5.91 Å². The third kappa shape index (κ3) is 0.718. The van der Waals surface area contributed by atoms with Gasteiger partial charge in [0, 0.05) is 0 Å². The van der Waals surface area contributed by atoms with Crippen molar-refractivity contribution < 1.29 is 9.53 Å². The van der Waals surface area contributed by atoms with Gasteiger partial charge in [-0.3, -0.25) is 4.79 Å². The van der Waals surface area contributed by atoms with Crippen LogP contribution in [0.25, 0.3) is 0 Å². The Labute approximate surface area is 41.7 Å². The lowest BCUT2D eigenvalue weighted by Gasteiger charge is -1.90. The number of carbonyl (C=O) groups excluding carboxylic acids is 1. The Balaban J connectivity index is 2.48. The number of nitrogens with one attached hydrogen (secondary N) is 1. The highest BCUT2D eigenvalue weighted by Gasteiger charge is 2.18. The van der Waals surface area contributed by atoms with E-state index in [9.17, 15) is 4.79 Å². The lowest BCUT2D eigenvalue weighted by molar-refractivity contribution is -0.122. The molecule has 1 saturated heterocycles. The molecule has 1 aliphatic heterocycles. The van der Waals surface area contributed by atoms with Gasteiger partial charge < -0.3 is 10.1 Å². The molecule has 1 amide bonds. The molecule has 0 aromatic rings. The van der Waals surface area contributed by atoms with Gasteiger partial charge in [0.2, 0.25) is 0 Å². The Morgan fingerprint density at radius 3 is 2.86 bits per heavy atom. The molecule has 1 aliphatic rings. The highest BCUT2D eigenvalue weighted by molar-refractivity contribution is 5.81. The summed E-state index contributed by atoms with van der Waals surface area (Å²) in [6.07, 6.45) is -0.236. The van der Waals surface area contributed by atoms with E-state index in [0.29, 0.717) is 6.73 Å². The normalized spacial score (nSPS) is 30.4. The predicted octanol–water partition coefficient (Wildman–Crippen LogP) is -0.521. The minimum Gasteiger partial charge on any atom is -0.349 e. The van der Waals surface area contributed by atoms with Gasteiger partial charge in [0.05, 0.1) is 0 Å². The second-order valence-electron chi connectivity index (χ2n) is 1.49. The summed E-state index contributed by atoms with van der Waals surface area (Å²) in [4.78, 5) is 10.3. The first-order valence-electron chi connectivity index (χ1n) is 2.20. The molecule has 3 heteroatoms. The van der Waals surface area contributed by atoms with E-state index >= 15 is 0 Å². The molecule has 1 heterocycles. The zero-order chi connectivity index (χ0) is 5.28. The SMILES string of the molecule is C[C@H]1OCNC1=O. The molecule has 0 radical (unpaired) electrons. The summed E-state index contributed by atoms with van der Waals surface area (Å²) in [7, 11) is 0. The van der Waals surface area contributed by atoms with Crippen LogP contribution in [0.15, 0.2) is 0 Å². The molecular formula is C4H7NO2. The Hall–Kier alpha value is -0.570. The van der Waals surface area contributed by atoms with Crippen molar-refractivity contribution in [1.29, 1.82) is 0 Å². The van der Waals surface area contributed by atoms with Gasteiger partial charge in [0.25, 0.3) is 5.91 Å². The van der Waals surface area contributed by atoms with E-state index < -0.39 is 0 Å². The van der Waals surface area contributed by atoms with Crippen LogP contribution < -0.4 is 5.32 Å². The standard InChI is InChI=1S/C4H7NO2/c1-3-4(6)5-2-7-3/h3H,2H2,1H3,(H,5,6)/t3-/m1/s1. The zero-order valence-corrected chi connectivity index (χ0v) is 4.10. The zero-order valence-electron chi connectivity index (χ0n) is 4.10. The molecule has 0 aromatic carbocycles. The van der Waals surface area contributed by atoms with Gasteiger partial charge >= 0.3 is 0 Å². The summed E-state index contributed by atoms with van der Waals surface area (Å²) < 4.78 is 4.80. The fourth-order valence-electron chi connectivity index (χ4n) is 0.457. The molecule has 0 bridgehead atoms. The number of rotatable bonds is 0. The van der Waals surface area contributed by atoms with E-state index in [1.165, 1.54) is 0 Å². The summed E-state index contributed by atoms with van der Waals surface area (Å²) in [5.74, 6) is -0.0139. The molecule has 1 N–H and O–H groups in total. The number of ether oxygens (including phenoxy) is 1. The molecule has 1 fully saturated rings. The Morgan fingerprint density at radius 1 is 2.00 bits per heavy atom. The van der Waals surface area contributed by atoms with Crippen LogP contribution in [0.5, 0.6) is 0 Å². The van der Waals surface area contributed by atoms with Gasteiger partial charge in [-0.05, 0) is 6.92 Å². The van der Waals surface area contributed by atoms with Crippen LogP contribution in [0, 0.1) is 0 Å². The van der Waals surface area contributed by atoms with Gasteiger partial charge in [-0.15, -0.1) is 0 Å². The minimum absolute atomic E-state index is 0.0139. The topological polar surface area (TPSA) is 38.3 Å². The molecule has 0 aliphatic carbocycles. The highest BCUT2D eigenvalue weighted by atomic mass is 16.5. The Kier molecular flexibility index (Phi) is 0.982. The molecule has 3 nitrogen and oxygen atoms in total. The molecule has 1 atom stereocenters. The first-order valence-corrected chi connectivity index (χ1v) is 2.20. The molecule has 0 unspecified atom stereocenters. The van der Waals surface area contributed by atoms with Crippen LogP contribution in [0.4, 0.5) is 0 Å². The maximum Gasteiger partial charge on any atom is 0.250 e. The van der Waals surface area contributed by atoms with Crippen LogP contribution >= 0.6 is 0 Å². The van der Waals surface area contributed by atoms with Crippen molar-refractivity contribution in [3.05, 3.63) is 0 Å². The quantitative estimate of drug-likeness (QED) is 0.446. The van der Waals surface area contributed by atoms with Crippen molar-refractivity contribution in [2.75, 3.05) is 6.73 Å². The smallest absolute Gasteiger partial charge is 0.250 e. The third-order valence-electron chi connectivity index (χ3n) is 0.949. The van der Waals surface area contributed by atoms with Crippen molar-refractivity contribution in [2.24, 2.45) is 0 Å². The number of hydrogen-bond donors (Lipinski definition) is 1. The minimum atomic E-state index is -0.236. The highest BCUT2D eigenvalue weighted by Crippen LogP contribution is 1.94. The summed E-state index contributed by atoms with van der Waals surface area (Å²) in [5, 5.41) is 2.51. The average Bonchev–Trinajstić information content (AvgIpc) is 1.91. The van der Waals surface area contributed by atoms with E-state index in [4.69, 9.17) is 4.74 Å². The first-order chi connectivity index (χ1) is 3.30. The van der Waals surface area contributed by atoms with Crippen molar-refractivity contribution in [2.45, 2.75) is 13.0 Å². The lowest BCUT2D eigenvalue weighted by Crippen LogP contribution is -2.20. The summed E-state index contributed by atoms with van der Waals surface area (Å²) in [6.45, 7) is 2.10. The van der Waals surface area contributed by atoms with Gasteiger partial charge in [-0.1, -0.05) is 0 Å². The van der Waals surface area contributed by atoms with E-state index in [2.05, 4.69) is 5.32 Å². The Bertz CT molecular complexity index is 91.7. The maximum atomic E-state index is 10.3. The summed E-state index contributed by atoms with van der Waals surface area (Å²) >= 11 is 0. The molecule has 0 spiro atoms. The van der Waals surface area contributed by atoms with Crippen molar-refractivity contribution in [1.82, 2.24) is 5.32 Å². The summed E-state index contributed by atoms with van der Waals surface area (Å²) in [5.41, 5.74) is 0. The van der Waals surface area contributed by atoms with Crippen LogP contribution in [0.3, 0.4) is 0 Å². The first kappa shape index (κ1) is 4.59. The van der Waals surface area contributed by atoms with Gasteiger partial charge in [-0.25, -0.2) is 0 Å². The molecule has 0 aromatic heterocycles. The maximum absolute atomic E-state index is 10.3. The second kappa shape index (κ2) is 1.50. The van der Waals surface area contributed by atoms with E-state index in [0.717, 1.165) is 0 Å². The fourth-order valence-corrected chi connectivity index (χ4v) is 0.457. The Morgan fingerprint density at radius 2 is 2.71 bits per heavy atom. The number of hydrogen-bond acceptors (Lipinski definition) is 2. The average molecular weight is 101 g/mol. The van der Waals surface area contributed by atoms with Gasteiger partial charge in [-0.2, -0.15) is 0 Å². The number of carbonyl (C=O) groups is 1. The predicted molar refractivity (Wildman–Crippen MR) is 23.6 cm³/mol. The van der Waals surface area contributed by atoms with Crippen LogP contribution in [-0.4, -0.2) is 18.7 Å². The molecule has 40 valence electrons. The van der Waals surface area contributed by atoms with Crippen LogP contribution in [-0.2, 0) is 9.53 Å². The molecule has 7 heavy (non-hydrogen) atoms. The van der Waals surface area contributed by atoms with E-state index in [1.54, 1.807) is 6.92 Å². The molecule has 1 rings (SSSR count). The molecule has 0 saturated carbocycles. The number of amides is 1. The lowest BCUT2D eigenvalue weighted by atomic mass is 10.4. The van der Waals surface area contributed by atoms with Gasteiger partial charge in [0.15, 0.2) is 0 Å². The third-order valence-corrected chi connectivity index (χ3v) is 0.949. The van der Waals surface area contributed by atoms with Gasteiger partial charge in [0.1, 0.15) is 12.8 Å². The van der Waals surface area contributed by atoms with E-state index in [-0.39, 0.29) is 12.0 Å². The van der Waals surface area contributed by atoms with Crippen molar-refractivity contribution in [3.63, 3.8) is 0 Å². The van der Waals surface area contributed by atoms with Crippen LogP contribution in [0.1, 0.15) is 6.92 Å². The summed E-state index contributed by atoms with van der Waals surface area (Å²) in [6, 6.07) is 0. The van der Waals surface area contributed by atoms with E-state index in [1.807, 2.05) is 0 Å². The monoisotopic (exact) mass is 101 g/mol. The molecular weight excluding hydrogens is 94.0 g/mol. The second-order valence-corrected chi connectivity index (χ2v) is 1.49. The largest absolute Gasteiger partial charge is 0.349 e. The van der Waals surface area contributed by atoms with Crippen molar-refractivity contribution in [3.8, 4) is 0 Å².